The van der Waals surface area contributed by atoms with E-state index in [0.717, 1.165) is 6.42 Å². The molecule has 0 bridgehead atoms. The van der Waals surface area contributed by atoms with Gasteiger partial charge in [0.25, 0.3) is 0 Å². The summed E-state index contributed by atoms with van der Waals surface area (Å²) < 4.78 is 9.91. The van der Waals surface area contributed by atoms with Crippen LogP contribution in [0.5, 0.6) is 0 Å². The van der Waals surface area contributed by atoms with Gasteiger partial charge in [-0.1, -0.05) is 12.1 Å². The lowest BCUT2D eigenvalue weighted by atomic mass is 10.3. The maximum absolute atomic E-state index is 11.7. The van der Waals surface area contributed by atoms with Gasteiger partial charge < -0.3 is 25.3 Å². The zero-order valence-corrected chi connectivity index (χ0v) is 10.4. The highest BCUT2D eigenvalue weighted by Gasteiger charge is 2.14. The molecule has 0 heterocycles. The van der Waals surface area contributed by atoms with E-state index >= 15 is 0 Å². The summed E-state index contributed by atoms with van der Waals surface area (Å²) >= 11 is 0. The van der Waals surface area contributed by atoms with Gasteiger partial charge in [-0.2, -0.15) is 0 Å². The van der Waals surface area contributed by atoms with Crippen LogP contribution in [0, 0.1) is 0 Å². The summed E-state index contributed by atoms with van der Waals surface area (Å²) in [7, 11) is 1.56. The van der Waals surface area contributed by atoms with Gasteiger partial charge in [0, 0.05) is 13.7 Å². The topological polar surface area (TPSA) is 97.4 Å². The van der Waals surface area contributed by atoms with E-state index in [0.29, 0.717) is 19.8 Å². The third kappa shape index (κ3) is 7.53. The largest absolute Gasteiger partial charge is 0.409 e. The Hall–Kier alpha value is -1.34. The quantitative estimate of drug-likeness (QED) is 0.190. The Labute approximate surface area is 101 Å². The number of carbonyl (C=O) groups excluding carboxylic acids is 1. The molecule has 0 saturated carbocycles. The Balaban J connectivity index is 4.05. The van der Waals surface area contributed by atoms with E-state index in [1.54, 1.807) is 7.11 Å². The minimum atomic E-state index is -0.186. The summed E-state index contributed by atoms with van der Waals surface area (Å²) in [4.78, 5) is 13.2. The summed E-state index contributed by atoms with van der Waals surface area (Å²) in [5.74, 6) is -0.182. The first-order chi connectivity index (χ1) is 8.15. The fraction of sp³-hybridized carbons (Fsp3) is 0.800. The lowest BCUT2D eigenvalue weighted by Crippen LogP contribution is -2.41. The summed E-state index contributed by atoms with van der Waals surface area (Å²) in [6, 6.07) is 0. The van der Waals surface area contributed by atoms with Crippen molar-refractivity contribution in [3.8, 4) is 0 Å². The summed E-state index contributed by atoms with van der Waals surface area (Å²) in [5, 5.41) is 11.3. The van der Waals surface area contributed by atoms with Crippen LogP contribution in [-0.2, 0) is 14.3 Å². The molecule has 0 unspecified atom stereocenters. The highest BCUT2D eigenvalue weighted by molar-refractivity contribution is 5.87. The lowest BCUT2D eigenvalue weighted by Gasteiger charge is -2.21. The number of nitrogens with two attached hydrogens (primary N) is 1. The number of carbonyl (C=O) groups is 1. The number of hydrogen-bond acceptors (Lipinski definition) is 5. The first kappa shape index (κ1) is 15.7. The van der Waals surface area contributed by atoms with Gasteiger partial charge in [0.1, 0.15) is 6.61 Å². The standard InChI is InChI=1S/C10H21N3O4/c1-3-4-13(7-9(11)12-15)10(14)8-17-6-5-16-2/h15H,3-8H2,1-2H3,(H2,11,12). The van der Waals surface area contributed by atoms with Crippen LogP contribution in [0.15, 0.2) is 5.16 Å². The van der Waals surface area contributed by atoms with Crippen molar-refractivity contribution < 1.29 is 19.5 Å². The Morgan fingerprint density at radius 3 is 2.71 bits per heavy atom. The highest BCUT2D eigenvalue weighted by atomic mass is 16.5. The second kappa shape index (κ2) is 9.86. The van der Waals surface area contributed by atoms with Gasteiger partial charge in [-0.25, -0.2) is 0 Å². The van der Waals surface area contributed by atoms with Crippen molar-refractivity contribution in [3.05, 3.63) is 0 Å². The average molecular weight is 247 g/mol. The van der Waals surface area contributed by atoms with E-state index in [9.17, 15) is 4.79 Å². The van der Waals surface area contributed by atoms with E-state index in [1.807, 2.05) is 6.92 Å². The van der Waals surface area contributed by atoms with E-state index in [4.69, 9.17) is 20.4 Å². The Bertz CT molecular complexity index is 246. The van der Waals surface area contributed by atoms with Crippen molar-refractivity contribution in [1.82, 2.24) is 4.90 Å². The minimum absolute atomic E-state index is 0.00342. The molecule has 3 N–H and O–H groups in total. The van der Waals surface area contributed by atoms with Gasteiger partial charge >= 0.3 is 0 Å². The van der Waals surface area contributed by atoms with Gasteiger partial charge in [-0.15, -0.1) is 0 Å². The SMILES string of the molecule is CCCN(CC(N)=NO)C(=O)COCCOC. The lowest BCUT2D eigenvalue weighted by molar-refractivity contribution is -0.135. The fourth-order valence-corrected chi connectivity index (χ4v) is 1.18. The summed E-state index contributed by atoms with van der Waals surface area (Å²) in [6.07, 6.45) is 0.794. The van der Waals surface area contributed by atoms with Crippen LogP contribution in [0.1, 0.15) is 13.3 Å². The molecule has 17 heavy (non-hydrogen) atoms. The predicted octanol–water partition coefficient (Wildman–Crippen LogP) is -0.366. The number of amidine groups is 1. The zero-order valence-electron chi connectivity index (χ0n) is 10.4. The van der Waals surface area contributed by atoms with Crippen LogP contribution >= 0.6 is 0 Å². The maximum atomic E-state index is 11.7. The molecule has 0 fully saturated rings. The highest BCUT2D eigenvalue weighted by Crippen LogP contribution is 1.94. The molecule has 0 spiro atoms. The van der Waals surface area contributed by atoms with Crippen LogP contribution in [0.3, 0.4) is 0 Å². The van der Waals surface area contributed by atoms with Gasteiger partial charge in [0.05, 0.1) is 19.8 Å². The molecule has 7 nitrogen and oxygen atoms in total. The van der Waals surface area contributed by atoms with E-state index in [2.05, 4.69) is 5.16 Å². The van der Waals surface area contributed by atoms with Crippen LogP contribution in [-0.4, -0.2) is 61.9 Å². The minimum Gasteiger partial charge on any atom is -0.409 e. The van der Waals surface area contributed by atoms with E-state index in [1.165, 1.54) is 4.90 Å². The molecule has 7 heteroatoms. The molecule has 0 atom stereocenters. The first-order valence-electron chi connectivity index (χ1n) is 5.46. The Morgan fingerprint density at radius 2 is 2.18 bits per heavy atom. The summed E-state index contributed by atoms with van der Waals surface area (Å²) in [5.41, 5.74) is 5.36. The molecule has 0 aromatic carbocycles. The number of methoxy groups -OCH3 is 1. The summed E-state index contributed by atoms with van der Waals surface area (Å²) in [6.45, 7) is 3.38. The maximum Gasteiger partial charge on any atom is 0.248 e. The third-order valence-electron chi connectivity index (χ3n) is 1.98. The molecule has 0 aromatic rings. The molecule has 0 aliphatic heterocycles. The second-order valence-corrected chi connectivity index (χ2v) is 3.45. The van der Waals surface area contributed by atoms with Crippen molar-refractivity contribution in [2.24, 2.45) is 10.9 Å². The average Bonchev–Trinajstić information content (AvgIpc) is 2.33. The molecule has 0 rings (SSSR count). The molecule has 1 amide bonds. The first-order valence-corrected chi connectivity index (χ1v) is 5.46. The number of hydrogen-bond donors (Lipinski definition) is 2. The number of nitrogens with zero attached hydrogens (tertiary/aromatic N) is 2. The third-order valence-corrected chi connectivity index (χ3v) is 1.98. The number of oxime groups is 1. The van der Waals surface area contributed by atoms with Gasteiger partial charge in [0.15, 0.2) is 5.84 Å². The molecule has 0 aliphatic carbocycles. The molecular formula is C10H21N3O4. The van der Waals surface area contributed by atoms with Crippen molar-refractivity contribution >= 4 is 11.7 Å². The Morgan fingerprint density at radius 1 is 1.47 bits per heavy atom. The monoisotopic (exact) mass is 247 g/mol. The van der Waals surface area contributed by atoms with Crippen molar-refractivity contribution in [3.63, 3.8) is 0 Å². The normalized spacial score (nSPS) is 11.5. The molecule has 100 valence electrons. The number of rotatable bonds is 9. The van der Waals surface area contributed by atoms with Gasteiger partial charge in [-0.3, -0.25) is 4.79 Å². The van der Waals surface area contributed by atoms with Gasteiger partial charge in [0.2, 0.25) is 5.91 Å². The molecule has 0 aliphatic rings. The van der Waals surface area contributed by atoms with Crippen LogP contribution < -0.4 is 5.73 Å². The fourth-order valence-electron chi connectivity index (χ4n) is 1.18. The molecular weight excluding hydrogens is 226 g/mol. The van der Waals surface area contributed by atoms with Crippen LogP contribution in [0.4, 0.5) is 0 Å². The van der Waals surface area contributed by atoms with Gasteiger partial charge in [-0.05, 0) is 6.42 Å². The van der Waals surface area contributed by atoms with Crippen LogP contribution in [0.25, 0.3) is 0 Å². The molecule has 0 saturated heterocycles. The van der Waals surface area contributed by atoms with Crippen molar-refractivity contribution in [1.29, 1.82) is 0 Å². The number of amides is 1. The van der Waals surface area contributed by atoms with E-state index in [-0.39, 0.29) is 24.9 Å². The zero-order chi connectivity index (χ0) is 13.1. The predicted molar refractivity (Wildman–Crippen MR) is 63.0 cm³/mol. The molecule has 0 aromatic heterocycles. The number of ether oxygens (including phenoxy) is 2. The van der Waals surface area contributed by atoms with E-state index < -0.39 is 0 Å². The molecule has 0 radical (unpaired) electrons. The Kier molecular flexibility index (Phi) is 9.08. The smallest absolute Gasteiger partial charge is 0.248 e. The van der Waals surface area contributed by atoms with Crippen molar-refractivity contribution in [2.45, 2.75) is 13.3 Å². The van der Waals surface area contributed by atoms with Crippen molar-refractivity contribution in [2.75, 3.05) is 40.0 Å². The van der Waals surface area contributed by atoms with Crippen LogP contribution in [0.2, 0.25) is 0 Å². The second-order valence-electron chi connectivity index (χ2n) is 3.45.